The summed E-state index contributed by atoms with van der Waals surface area (Å²) in [6, 6.07) is 7.68. The van der Waals surface area contributed by atoms with E-state index in [9.17, 15) is 8.42 Å². The molecule has 0 saturated heterocycles. The van der Waals surface area contributed by atoms with E-state index in [1.165, 1.54) is 0 Å². The lowest BCUT2D eigenvalue weighted by molar-refractivity contribution is 0.566. The van der Waals surface area contributed by atoms with Gasteiger partial charge in [-0.3, -0.25) is 0 Å². The number of tetrazole rings is 1. The third-order valence-corrected chi connectivity index (χ3v) is 5.10. The van der Waals surface area contributed by atoms with Crippen molar-refractivity contribution in [2.75, 3.05) is 6.54 Å². The molecule has 0 amide bonds. The van der Waals surface area contributed by atoms with Gasteiger partial charge < -0.3 is 0 Å². The van der Waals surface area contributed by atoms with E-state index in [1.54, 1.807) is 13.8 Å². The minimum absolute atomic E-state index is 0.0813. The molecule has 0 saturated carbocycles. The number of nitrogens with one attached hydrogen (secondary N) is 2. The van der Waals surface area contributed by atoms with Gasteiger partial charge >= 0.3 is 0 Å². The van der Waals surface area contributed by atoms with Crippen molar-refractivity contribution in [1.82, 2.24) is 25.3 Å². The van der Waals surface area contributed by atoms with Crippen LogP contribution < -0.4 is 4.72 Å². The molecule has 8 heteroatoms. The average molecular weight is 309 g/mol. The normalized spacial score (nSPS) is 13.5. The highest BCUT2D eigenvalue weighted by atomic mass is 32.2. The molecule has 2 N–H and O–H groups in total. The molecule has 7 nitrogen and oxygen atoms in total. The molecule has 21 heavy (non-hydrogen) atoms. The van der Waals surface area contributed by atoms with Crippen LogP contribution in [-0.2, 0) is 10.0 Å². The molecule has 0 aliphatic carbocycles. The third-order valence-electron chi connectivity index (χ3n) is 3.29. The summed E-state index contributed by atoms with van der Waals surface area (Å²) in [6.45, 7) is 5.67. The number of rotatable bonds is 6. The van der Waals surface area contributed by atoms with Gasteiger partial charge in [0.15, 0.2) is 0 Å². The molecule has 0 fully saturated rings. The van der Waals surface area contributed by atoms with Crippen molar-refractivity contribution >= 4 is 10.0 Å². The molecule has 1 aromatic heterocycles. The Balaban J connectivity index is 2.02. The highest BCUT2D eigenvalue weighted by Crippen LogP contribution is 2.19. The van der Waals surface area contributed by atoms with Crippen molar-refractivity contribution < 1.29 is 8.42 Å². The lowest BCUT2D eigenvalue weighted by atomic mass is 10.00. The van der Waals surface area contributed by atoms with Gasteiger partial charge in [-0.25, -0.2) is 13.1 Å². The number of sulfonamides is 1. The molecule has 0 spiro atoms. The summed E-state index contributed by atoms with van der Waals surface area (Å²) in [6.07, 6.45) is 0. The first kappa shape index (κ1) is 15.6. The van der Waals surface area contributed by atoms with E-state index in [4.69, 9.17) is 0 Å². The van der Waals surface area contributed by atoms with E-state index in [-0.39, 0.29) is 5.92 Å². The molecule has 1 heterocycles. The van der Waals surface area contributed by atoms with Gasteiger partial charge in [0.05, 0.1) is 5.25 Å². The van der Waals surface area contributed by atoms with Crippen LogP contribution in [0.3, 0.4) is 0 Å². The summed E-state index contributed by atoms with van der Waals surface area (Å²) >= 11 is 0. The number of nitrogens with zero attached hydrogens (tertiary/aromatic N) is 3. The Bertz CT molecular complexity index is 665. The molecule has 1 unspecified atom stereocenters. The third kappa shape index (κ3) is 3.85. The maximum atomic E-state index is 11.7. The van der Waals surface area contributed by atoms with Crippen LogP contribution in [0.2, 0.25) is 0 Å². The number of hydrogen-bond donors (Lipinski definition) is 2. The summed E-state index contributed by atoms with van der Waals surface area (Å²) in [5.74, 6) is 0.618. The van der Waals surface area contributed by atoms with Crippen molar-refractivity contribution in [3.63, 3.8) is 0 Å². The zero-order valence-electron chi connectivity index (χ0n) is 12.2. The Morgan fingerprint density at radius 3 is 2.38 bits per heavy atom. The van der Waals surface area contributed by atoms with Gasteiger partial charge in [-0.2, -0.15) is 5.21 Å². The summed E-state index contributed by atoms with van der Waals surface area (Å²) in [7, 11) is -3.23. The van der Waals surface area contributed by atoms with Crippen LogP contribution in [0.25, 0.3) is 11.4 Å². The Kier molecular flexibility index (Phi) is 4.69. The second kappa shape index (κ2) is 6.31. The van der Waals surface area contributed by atoms with E-state index in [0.717, 1.165) is 11.1 Å². The zero-order chi connectivity index (χ0) is 15.5. The number of hydrogen-bond acceptors (Lipinski definition) is 5. The molecule has 114 valence electrons. The lowest BCUT2D eigenvalue weighted by Gasteiger charge is -2.15. The predicted octanol–water partition coefficient (Wildman–Crippen LogP) is 1.30. The minimum Gasteiger partial charge on any atom is -0.214 e. The molecule has 1 aromatic carbocycles. The Morgan fingerprint density at radius 2 is 1.86 bits per heavy atom. The molecule has 1 atom stereocenters. The molecule has 0 bridgehead atoms. The first-order chi connectivity index (χ1) is 9.90. The lowest BCUT2D eigenvalue weighted by Crippen LogP contribution is -2.33. The fourth-order valence-electron chi connectivity index (χ4n) is 1.77. The van der Waals surface area contributed by atoms with Crippen LogP contribution in [0.15, 0.2) is 24.3 Å². The highest BCUT2D eigenvalue weighted by molar-refractivity contribution is 7.90. The topological polar surface area (TPSA) is 101 Å². The molecule has 0 aliphatic rings. The van der Waals surface area contributed by atoms with Crippen LogP contribution in [-0.4, -0.2) is 40.8 Å². The van der Waals surface area contributed by atoms with Gasteiger partial charge in [-0.1, -0.05) is 31.2 Å². The second-order valence-corrected chi connectivity index (χ2v) is 7.52. The van der Waals surface area contributed by atoms with Crippen molar-refractivity contribution in [3.05, 3.63) is 29.8 Å². The van der Waals surface area contributed by atoms with Gasteiger partial charge in [-0.05, 0) is 30.5 Å². The Labute approximate surface area is 124 Å². The van der Waals surface area contributed by atoms with E-state index in [1.807, 2.05) is 31.2 Å². The fourth-order valence-corrected chi connectivity index (χ4v) is 2.59. The van der Waals surface area contributed by atoms with Crippen molar-refractivity contribution in [2.45, 2.75) is 31.9 Å². The van der Waals surface area contributed by atoms with E-state index < -0.39 is 15.3 Å². The molecule has 2 rings (SSSR count). The van der Waals surface area contributed by atoms with Gasteiger partial charge in [0.2, 0.25) is 15.8 Å². The van der Waals surface area contributed by atoms with Crippen molar-refractivity contribution in [2.24, 2.45) is 0 Å². The highest BCUT2D eigenvalue weighted by Gasteiger charge is 2.17. The summed E-state index contributed by atoms with van der Waals surface area (Å²) in [5.41, 5.74) is 1.91. The number of H-pyrrole nitrogens is 1. The van der Waals surface area contributed by atoms with Crippen molar-refractivity contribution in [1.29, 1.82) is 0 Å². The van der Waals surface area contributed by atoms with Gasteiger partial charge in [0.1, 0.15) is 0 Å². The van der Waals surface area contributed by atoms with E-state index in [2.05, 4.69) is 25.3 Å². The monoisotopic (exact) mass is 309 g/mol. The minimum atomic E-state index is -3.23. The predicted molar refractivity (Wildman–Crippen MR) is 80.1 cm³/mol. The molecule has 0 radical (unpaired) electrons. The second-order valence-electron chi connectivity index (χ2n) is 5.20. The van der Waals surface area contributed by atoms with Crippen LogP contribution in [0, 0.1) is 0 Å². The van der Waals surface area contributed by atoms with E-state index >= 15 is 0 Å². The summed E-state index contributed by atoms with van der Waals surface area (Å²) in [5, 5.41) is 13.3. The van der Waals surface area contributed by atoms with Crippen LogP contribution in [0.5, 0.6) is 0 Å². The average Bonchev–Trinajstić information content (AvgIpc) is 2.99. The Hall–Kier alpha value is -1.80. The fraction of sp³-hybridized carbons (Fsp3) is 0.462. The number of benzene rings is 1. The largest absolute Gasteiger partial charge is 0.214 e. The zero-order valence-corrected chi connectivity index (χ0v) is 13.1. The first-order valence-corrected chi connectivity index (χ1v) is 8.27. The maximum Gasteiger partial charge on any atom is 0.213 e. The van der Waals surface area contributed by atoms with Gasteiger partial charge in [-0.15, -0.1) is 10.2 Å². The van der Waals surface area contributed by atoms with Gasteiger partial charge in [0, 0.05) is 12.1 Å². The molecular formula is C13H19N5O2S. The molecular weight excluding hydrogens is 290 g/mol. The molecule has 2 aromatic rings. The smallest absolute Gasteiger partial charge is 0.213 e. The number of aromatic amines is 1. The standard InChI is InChI=1S/C13H19N5O2S/c1-9(2)21(19,20)14-8-10(3)11-4-6-12(7-5-11)13-15-17-18-16-13/h4-7,9-10,14H,8H2,1-3H3,(H,15,16,17,18). The van der Waals surface area contributed by atoms with Crippen LogP contribution in [0.4, 0.5) is 0 Å². The summed E-state index contributed by atoms with van der Waals surface area (Å²) < 4.78 is 26.1. The quantitative estimate of drug-likeness (QED) is 0.837. The summed E-state index contributed by atoms with van der Waals surface area (Å²) in [4.78, 5) is 0. The number of aromatic nitrogens is 4. The molecule has 0 aliphatic heterocycles. The SMILES string of the molecule is CC(CNS(=O)(=O)C(C)C)c1ccc(-c2nn[nH]n2)cc1. The van der Waals surface area contributed by atoms with Crippen molar-refractivity contribution in [3.8, 4) is 11.4 Å². The maximum absolute atomic E-state index is 11.7. The first-order valence-electron chi connectivity index (χ1n) is 6.72. The van der Waals surface area contributed by atoms with E-state index in [0.29, 0.717) is 12.4 Å². The Morgan fingerprint density at radius 1 is 1.19 bits per heavy atom. The van der Waals surface area contributed by atoms with Crippen LogP contribution >= 0.6 is 0 Å². The van der Waals surface area contributed by atoms with Crippen LogP contribution in [0.1, 0.15) is 32.3 Å². The van der Waals surface area contributed by atoms with Gasteiger partial charge in [0.25, 0.3) is 0 Å².